The molecule has 0 aliphatic heterocycles. The summed E-state index contributed by atoms with van der Waals surface area (Å²) in [5.41, 5.74) is 5.98. The highest BCUT2D eigenvalue weighted by atomic mass is 35.5. The van der Waals surface area contributed by atoms with E-state index in [9.17, 15) is 8.42 Å². The zero-order chi connectivity index (χ0) is 15.6. The second kappa shape index (κ2) is 6.15. The largest absolute Gasteiger partial charge is 0.465 e. The molecule has 0 amide bonds. The summed E-state index contributed by atoms with van der Waals surface area (Å²) in [6, 6.07) is 7.77. The molecule has 0 radical (unpaired) electrons. The maximum absolute atomic E-state index is 12.2. The van der Waals surface area contributed by atoms with Crippen LogP contribution in [0.25, 0.3) is 0 Å². The number of rotatable bonds is 5. The maximum Gasteiger partial charge on any atom is 0.242 e. The fourth-order valence-corrected chi connectivity index (χ4v) is 3.36. The fraction of sp³-hybridized carbons (Fsp3) is 0.154. The zero-order valence-electron chi connectivity index (χ0n) is 11.1. The first-order valence-corrected chi connectivity index (χ1v) is 8.21. The Hall–Kier alpha value is -1.41. The van der Waals surface area contributed by atoms with Crippen molar-refractivity contribution >= 4 is 38.8 Å². The van der Waals surface area contributed by atoms with Crippen LogP contribution < -0.4 is 10.5 Å². The summed E-state index contributed by atoms with van der Waals surface area (Å²) in [6.45, 7) is 1.83. The van der Waals surface area contributed by atoms with E-state index in [0.717, 1.165) is 0 Å². The molecule has 1 heterocycles. The molecule has 21 heavy (non-hydrogen) atoms. The van der Waals surface area contributed by atoms with E-state index < -0.39 is 10.0 Å². The molecular formula is C13H13ClN2O3S2. The lowest BCUT2D eigenvalue weighted by molar-refractivity contribution is 0.475. The molecule has 0 unspecified atom stereocenters. The Kier molecular flexibility index (Phi) is 4.67. The van der Waals surface area contributed by atoms with Gasteiger partial charge in [0, 0.05) is 5.56 Å². The van der Waals surface area contributed by atoms with Crippen molar-refractivity contribution in [1.82, 2.24) is 4.72 Å². The van der Waals surface area contributed by atoms with E-state index in [1.807, 2.05) is 0 Å². The summed E-state index contributed by atoms with van der Waals surface area (Å²) < 4.78 is 32.2. The first-order valence-electron chi connectivity index (χ1n) is 5.94. The van der Waals surface area contributed by atoms with Crippen molar-refractivity contribution in [3.63, 3.8) is 0 Å². The van der Waals surface area contributed by atoms with Crippen molar-refractivity contribution in [3.05, 3.63) is 52.4 Å². The molecule has 1 aromatic heterocycles. The molecule has 0 saturated heterocycles. The Morgan fingerprint density at radius 3 is 2.62 bits per heavy atom. The SMILES string of the molecule is Cc1ccc(CNS(=O)(=O)c2ccc(C(N)=S)cc2Cl)o1. The summed E-state index contributed by atoms with van der Waals surface area (Å²) in [6.07, 6.45) is 0. The number of hydrogen-bond acceptors (Lipinski definition) is 4. The van der Waals surface area contributed by atoms with Crippen LogP contribution in [-0.4, -0.2) is 13.4 Å². The number of sulfonamides is 1. The lowest BCUT2D eigenvalue weighted by Crippen LogP contribution is -2.23. The topological polar surface area (TPSA) is 85.3 Å². The quantitative estimate of drug-likeness (QED) is 0.813. The highest BCUT2D eigenvalue weighted by molar-refractivity contribution is 7.89. The first kappa shape index (κ1) is 16.0. The van der Waals surface area contributed by atoms with Gasteiger partial charge in [0.15, 0.2) is 0 Å². The van der Waals surface area contributed by atoms with Crippen LogP contribution in [0.2, 0.25) is 5.02 Å². The molecule has 0 aliphatic rings. The highest BCUT2D eigenvalue weighted by Gasteiger charge is 2.18. The molecule has 1 aromatic carbocycles. The molecule has 2 aromatic rings. The lowest BCUT2D eigenvalue weighted by Gasteiger charge is -2.08. The zero-order valence-corrected chi connectivity index (χ0v) is 13.5. The molecular weight excluding hydrogens is 332 g/mol. The van der Waals surface area contributed by atoms with E-state index in [4.69, 9.17) is 34.0 Å². The predicted octanol–water partition coefficient (Wildman–Crippen LogP) is 2.35. The van der Waals surface area contributed by atoms with Gasteiger partial charge in [0.05, 0.1) is 11.6 Å². The van der Waals surface area contributed by atoms with Gasteiger partial charge in [-0.05, 0) is 31.2 Å². The summed E-state index contributed by atoms with van der Waals surface area (Å²) in [5.74, 6) is 1.23. The molecule has 0 saturated carbocycles. The molecule has 0 bridgehead atoms. The summed E-state index contributed by atoms with van der Waals surface area (Å²) in [5, 5.41) is 0.0587. The van der Waals surface area contributed by atoms with Crippen molar-refractivity contribution in [1.29, 1.82) is 0 Å². The number of benzene rings is 1. The van der Waals surface area contributed by atoms with Crippen LogP contribution in [0.1, 0.15) is 17.1 Å². The molecule has 5 nitrogen and oxygen atoms in total. The number of nitrogens with one attached hydrogen (secondary N) is 1. The van der Waals surface area contributed by atoms with Gasteiger partial charge in [0.25, 0.3) is 0 Å². The van der Waals surface area contributed by atoms with E-state index in [2.05, 4.69) is 4.72 Å². The van der Waals surface area contributed by atoms with Crippen molar-refractivity contribution in [2.45, 2.75) is 18.4 Å². The van der Waals surface area contributed by atoms with Gasteiger partial charge in [-0.3, -0.25) is 0 Å². The molecule has 0 atom stereocenters. The minimum Gasteiger partial charge on any atom is -0.465 e. The molecule has 0 spiro atoms. The van der Waals surface area contributed by atoms with Gasteiger partial charge in [-0.15, -0.1) is 0 Å². The smallest absolute Gasteiger partial charge is 0.242 e. The third-order valence-corrected chi connectivity index (χ3v) is 4.86. The van der Waals surface area contributed by atoms with Gasteiger partial charge >= 0.3 is 0 Å². The summed E-state index contributed by atoms with van der Waals surface area (Å²) in [4.78, 5) is 0.118. The first-order chi connectivity index (χ1) is 9.79. The second-order valence-electron chi connectivity index (χ2n) is 4.35. The standard InChI is InChI=1S/C13H13ClN2O3S2/c1-8-2-4-10(19-8)7-16-21(17,18)12-5-3-9(13(15)20)6-11(12)14/h2-6,16H,7H2,1H3,(H2,15,20). The molecule has 112 valence electrons. The fourth-order valence-electron chi connectivity index (χ4n) is 1.70. The van der Waals surface area contributed by atoms with Crippen LogP contribution in [0.15, 0.2) is 39.6 Å². The Morgan fingerprint density at radius 2 is 2.10 bits per heavy atom. The van der Waals surface area contributed by atoms with Gasteiger partial charge in [-0.25, -0.2) is 13.1 Å². The Bertz CT molecular complexity index is 784. The molecule has 8 heteroatoms. The van der Waals surface area contributed by atoms with Gasteiger partial charge in [-0.2, -0.15) is 0 Å². The third kappa shape index (κ3) is 3.82. The van der Waals surface area contributed by atoms with Gasteiger partial charge < -0.3 is 10.2 Å². The van der Waals surface area contributed by atoms with Crippen LogP contribution in [0.3, 0.4) is 0 Å². The number of halogens is 1. The monoisotopic (exact) mass is 344 g/mol. The van der Waals surface area contributed by atoms with Crippen LogP contribution in [0.4, 0.5) is 0 Å². The van der Waals surface area contributed by atoms with E-state index in [1.165, 1.54) is 18.2 Å². The number of furan rings is 1. The van der Waals surface area contributed by atoms with Crippen LogP contribution in [-0.2, 0) is 16.6 Å². The van der Waals surface area contributed by atoms with Crippen molar-refractivity contribution in [2.75, 3.05) is 0 Å². The number of nitrogens with two attached hydrogens (primary N) is 1. The predicted molar refractivity (Wildman–Crippen MR) is 84.8 cm³/mol. The van der Waals surface area contributed by atoms with Crippen LogP contribution >= 0.6 is 23.8 Å². The Balaban J connectivity index is 2.21. The third-order valence-electron chi connectivity index (χ3n) is 2.74. The van der Waals surface area contributed by atoms with Crippen LogP contribution in [0.5, 0.6) is 0 Å². The highest BCUT2D eigenvalue weighted by Crippen LogP contribution is 2.23. The van der Waals surface area contributed by atoms with E-state index >= 15 is 0 Å². The lowest BCUT2D eigenvalue weighted by atomic mass is 10.2. The molecule has 2 rings (SSSR count). The Labute approximate surface area is 133 Å². The van der Waals surface area contributed by atoms with Gasteiger partial charge in [-0.1, -0.05) is 29.9 Å². The van der Waals surface area contributed by atoms with E-state index in [-0.39, 0.29) is 21.5 Å². The normalized spacial score (nSPS) is 11.5. The average Bonchev–Trinajstić information content (AvgIpc) is 2.82. The van der Waals surface area contributed by atoms with Crippen molar-refractivity contribution in [2.24, 2.45) is 5.73 Å². The van der Waals surface area contributed by atoms with E-state index in [0.29, 0.717) is 17.1 Å². The Morgan fingerprint density at radius 1 is 1.38 bits per heavy atom. The van der Waals surface area contributed by atoms with Gasteiger partial charge in [0.1, 0.15) is 21.4 Å². The molecule has 0 aliphatic carbocycles. The minimum atomic E-state index is -3.75. The number of hydrogen-bond donors (Lipinski definition) is 2. The molecule has 0 fully saturated rings. The number of thiocarbonyl (C=S) groups is 1. The average molecular weight is 345 g/mol. The van der Waals surface area contributed by atoms with Crippen LogP contribution in [0, 0.1) is 6.92 Å². The van der Waals surface area contributed by atoms with Crippen molar-refractivity contribution in [3.8, 4) is 0 Å². The molecule has 3 N–H and O–H groups in total. The summed E-state index contributed by atoms with van der Waals surface area (Å²) in [7, 11) is -3.75. The second-order valence-corrected chi connectivity index (χ2v) is 6.93. The summed E-state index contributed by atoms with van der Waals surface area (Å²) >= 11 is 10.8. The van der Waals surface area contributed by atoms with E-state index in [1.54, 1.807) is 19.1 Å². The van der Waals surface area contributed by atoms with Crippen molar-refractivity contribution < 1.29 is 12.8 Å². The maximum atomic E-state index is 12.2. The minimum absolute atomic E-state index is 0.0348. The number of aryl methyl sites for hydroxylation is 1. The van der Waals surface area contributed by atoms with Gasteiger partial charge in [0.2, 0.25) is 10.0 Å².